The molecule has 3 heterocycles. The van der Waals surface area contributed by atoms with Crippen LogP contribution in [0.1, 0.15) is 16.7 Å². The molecule has 1 spiro atoms. The number of carbonyl (C=O) groups is 1. The van der Waals surface area contributed by atoms with Crippen molar-refractivity contribution < 1.29 is 9.53 Å². The minimum atomic E-state index is -1.51. The lowest BCUT2D eigenvalue weighted by molar-refractivity contribution is -0.118. The summed E-state index contributed by atoms with van der Waals surface area (Å²) in [5, 5.41) is 20.4. The fraction of sp³-hybridized carbons (Fsp3) is 0.0952. The Kier molecular flexibility index (Phi) is 3.51. The van der Waals surface area contributed by atoms with Gasteiger partial charge in [0.15, 0.2) is 0 Å². The number of aryl methyl sites for hydroxylation is 1. The lowest BCUT2D eigenvalue weighted by atomic mass is 9.68. The summed E-state index contributed by atoms with van der Waals surface area (Å²) in [4.78, 5) is 13.4. The summed E-state index contributed by atoms with van der Waals surface area (Å²) in [7, 11) is 0. The molecule has 0 saturated heterocycles. The summed E-state index contributed by atoms with van der Waals surface area (Å²) in [5.41, 5.74) is 8.53. The van der Waals surface area contributed by atoms with E-state index in [1.54, 1.807) is 18.2 Å². The molecular formula is C21H14ClN5O2. The van der Waals surface area contributed by atoms with Crippen molar-refractivity contribution in [3.05, 3.63) is 75.6 Å². The largest absolute Gasteiger partial charge is 0.420 e. The number of aromatic nitrogens is 2. The van der Waals surface area contributed by atoms with Gasteiger partial charge in [-0.3, -0.25) is 9.89 Å². The number of benzene rings is 2. The zero-order chi connectivity index (χ0) is 20.3. The van der Waals surface area contributed by atoms with Crippen LogP contribution in [0.4, 0.5) is 5.69 Å². The number of H-pyrrole nitrogens is 1. The van der Waals surface area contributed by atoms with Crippen molar-refractivity contribution in [1.29, 1.82) is 5.26 Å². The van der Waals surface area contributed by atoms with Gasteiger partial charge in [-0.1, -0.05) is 41.4 Å². The van der Waals surface area contributed by atoms with Gasteiger partial charge in [-0.15, -0.1) is 5.10 Å². The first-order valence-electron chi connectivity index (χ1n) is 8.82. The molecule has 0 fully saturated rings. The molecule has 5 rings (SSSR count). The molecule has 2 aliphatic rings. The van der Waals surface area contributed by atoms with Crippen molar-refractivity contribution in [3.8, 4) is 23.2 Å². The van der Waals surface area contributed by atoms with Gasteiger partial charge in [-0.05, 0) is 25.1 Å². The Bertz CT molecular complexity index is 1270. The molecule has 1 atom stereocenters. The Morgan fingerprint density at radius 2 is 2.00 bits per heavy atom. The average Bonchev–Trinajstić information content (AvgIpc) is 3.23. The number of rotatable bonds is 1. The van der Waals surface area contributed by atoms with E-state index in [1.807, 2.05) is 31.2 Å². The van der Waals surface area contributed by atoms with E-state index in [4.69, 9.17) is 22.1 Å². The highest BCUT2D eigenvalue weighted by molar-refractivity contribution is 6.31. The van der Waals surface area contributed by atoms with E-state index in [0.717, 1.165) is 11.1 Å². The molecular weight excluding hydrogens is 390 g/mol. The van der Waals surface area contributed by atoms with Crippen LogP contribution in [0.25, 0.3) is 11.3 Å². The molecule has 0 unspecified atom stereocenters. The van der Waals surface area contributed by atoms with E-state index >= 15 is 0 Å². The highest BCUT2D eigenvalue weighted by atomic mass is 35.5. The maximum absolute atomic E-state index is 13.4. The lowest BCUT2D eigenvalue weighted by Crippen LogP contribution is -2.42. The Hall–Kier alpha value is -3.76. The minimum absolute atomic E-state index is 0.00159. The summed E-state index contributed by atoms with van der Waals surface area (Å²) in [6.45, 7) is 1.98. The van der Waals surface area contributed by atoms with Crippen LogP contribution in [-0.2, 0) is 10.2 Å². The van der Waals surface area contributed by atoms with Gasteiger partial charge in [-0.25, -0.2) is 0 Å². The second-order valence-corrected chi connectivity index (χ2v) is 7.43. The number of nitrogens with zero attached hydrogens (tertiary/aromatic N) is 2. The van der Waals surface area contributed by atoms with Crippen LogP contribution in [0.2, 0.25) is 5.02 Å². The van der Waals surface area contributed by atoms with E-state index in [2.05, 4.69) is 21.6 Å². The van der Waals surface area contributed by atoms with Crippen LogP contribution in [0, 0.1) is 18.3 Å². The standard InChI is InChI=1S/C21H14ClN5O2/c1-10-2-4-11(5-3-10)17-16-19(27-26-17)29-18(24)14(9-23)21(16)13-8-12(22)6-7-15(13)25-20(21)28/h2-8H,24H2,1H3,(H,25,28)(H,26,27)/t21-/m0/s1. The molecule has 0 radical (unpaired) electrons. The number of halogens is 1. The average molecular weight is 404 g/mol. The van der Waals surface area contributed by atoms with Crippen LogP contribution in [0.5, 0.6) is 5.88 Å². The zero-order valence-corrected chi connectivity index (χ0v) is 16.0. The first-order valence-corrected chi connectivity index (χ1v) is 9.20. The van der Waals surface area contributed by atoms with E-state index in [-0.39, 0.29) is 17.3 Å². The van der Waals surface area contributed by atoms with Gasteiger partial charge in [0.05, 0.1) is 11.3 Å². The van der Waals surface area contributed by atoms with E-state index in [9.17, 15) is 10.1 Å². The number of hydrogen-bond donors (Lipinski definition) is 3. The topological polar surface area (TPSA) is 117 Å². The number of nitrogens with one attached hydrogen (secondary N) is 2. The van der Waals surface area contributed by atoms with Crippen molar-refractivity contribution in [3.63, 3.8) is 0 Å². The molecule has 8 heteroatoms. The monoisotopic (exact) mass is 403 g/mol. The number of hydrogen-bond acceptors (Lipinski definition) is 5. The smallest absolute Gasteiger partial charge is 0.245 e. The predicted molar refractivity (Wildman–Crippen MR) is 107 cm³/mol. The highest BCUT2D eigenvalue weighted by Crippen LogP contribution is 2.55. The molecule has 2 aromatic carbocycles. The second-order valence-electron chi connectivity index (χ2n) is 6.99. The van der Waals surface area contributed by atoms with E-state index in [1.165, 1.54) is 0 Å². The minimum Gasteiger partial charge on any atom is -0.420 e. The fourth-order valence-corrected chi connectivity index (χ4v) is 4.22. The summed E-state index contributed by atoms with van der Waals surface area (Å²) in [6, 6.07) is 14.9. The molecule has 1 amide bonds. The number of amides is 1. The number of fused-ring (bicyclic) bond motifs is 4. The van der Waals surface area contributed by atoms with Gasteiger partial charge in [0.2, 0.25) is 17.7 Å². The number of nitriles is 1. The molecule has 0 bridgehead atoms. The van der Waals surface area contributed by atoms with Gasteiger partial charge in [0, 0.05) is 21.8 Å². The van der Waals surface area contributed by atoms with Crippen molar-refractivity contribution in [1.82, 2.24) is 10.2 Å². The molecule has 4 N–H and O–H groups in total. The summed E-state index contributed by atoms with van der Waals surface area (Å²) in [6.07, 6.45) is 0. The molecule has 1 aromatic heterocycles. The Labute approximate surface area is 170 Å². The molecule has 7 nitrogen and oxygen atoms in total. The van der Waals surface area contributed by atoms with Crippen LogP contribution in [0.3, 0.4) is 0 Å². The third kappa shape index (κ3) is 2.18. The molecule has 2 aliphatic heterocycles. The highest BCUT2D eigenvalue weighted by Gasteiger charge is 2.58. The van der Waals surface area contributed by atoms with Crippen molar-refractivity contribution in [2.24, 2.45) is 5.73 Å². The van der Waals surface area contributed by atoms with Gasteiger partial charge in [0.25, 0.3) is 0 Å². The number of nitrogens with two attached hydrogens (primary N) is 1. The number of ether oxygens (including phenoxy) is 1. The Morgan fingerprint density at radius 1 is 1.24 bits per heavy atom. The number of carbonyl (C=O) groups excluding carboxylic acids is 1. The normalized spacial score (nSPS) is 19.4. The van der Waals surface area contributed by atoms with Gasteiger partial charge >= 0.3 is 0 Å². The van der Waals surface area contributed by atoms with Gasteiger partial charge in [-0.2, -0.15) is 5.26 Å². The van der Waals surface area contributed by atoms with Gasteiger partial charge < -0.3 is 15.8 Å². The summed E-state index contributed by atoms with van der Waals surface area (Å²) < 4.78 is 5.62. The second kappa shape index (κ2) is 5.87. The Balaban J connectivity index is 1.90. The third-order valence-electron chi connectivity index (χ3n) is 5.36. The fourth-order valence-electron chi connectivity index (χ4n) is 4.05. The van der Waals surface area contributed by atoms with E-state index in [0.29, 0.717) is 27.5 Å². The van der Waals surface area contributed by atoms with Gasteiger partial charge in [0.1, 0.15) is 17.1 Å². The van der Waals surface area contributed by atoms with Crippen LogP contribution < -0.4 is 15.8 Å². The van der Waals surface area contributed by atoms with Crippen LogP contribution >= 0.6 is 11.6 Å². The third-order valence-corrected chi connectivity index (χ3v) is 5.60. The van der Waals surface area contributed by atoms with E-state index < -0.39 is 11.3 Å². The molecule has 29 heavy (non-hydrogen) atoms. The summed E-state index contributed by atoms with van der Waals surface area (Å²) >= 11 is 6.25. The predicted octanol–water partition coefficient (Wildman–Crippen LogP) is 3.36. The summed E-state index contributed by atoms with van der Waals surface area (Å²) in [5.74, 6) is -0.418. The molecule has 0 saturated carbocycles. The van der Waals surface area contributed by atoms with Crippen LogP contribution in [0.15, 0.2) is 53.9 Å². The molecule has 0 aliphatic carbocycles. The SMILES string of the molecule is Cc1ccc(-c2[nH]nc3c2[C@@]2(C(=O)Nc4ccc(Cl)cc42)C(C#N)=C(N)O3)cc1. The molecule has 3 aromatic rings. The van der Waals surface area contributed by atoms with Crippen LogP contribution in [-0.4, -0.2) is 16.1 Å². The van der Waals surface area contributed by atoms with Crippen molar-refractivity contribution in [2.75, 3.05) is 5.32 Å². The number of aromatic amines is 1. The van der Waals surface area contributed by atoms with Crippen molar-refractivity contribution >= 4 is 23.2 Å². The first-order chi connectivity index (χ1) is 14.0. The zero-order valence-electron chi connectivity index (χ0n) is 15.2. The Morgan fingerprint density at radius 3 is 2.72 bits per heavy atom. The lowest BCUT2D eigenvalue weighted by Gasteiger charge is -2.32. The quantitative estimate of drug-likeness (QED) is 0.576. The first kappa shape index (κ1) is 17.3. The maximum atomic E-state index is 13.4. The maximum Gasteiger partial charge on any atom is 0.245 e. The number of anilines is 1. The van der Waals surface area contributed by atoms with Crippen molar-refractivity contribution in [2.45, 2.75) is 12.3 Å². The molecule has 142 valence electrons.